The molecule has 3 rings (SSSR count). The number of halogens is 3. The molecule has 1 heterocycles. The summed E-state index contributed by atoms with van der Waals surface area (Å²) in [5.74, 6) is -0.137. The third-order valence-electron chi connectivity index (χ3n) is 5.62. The van der Waals surface area contributed by atoms with Gasteiger partial charge in [0.15, 0.2) is 5.12 Å². The monoisotopic (exact) mass is 480 g/mol. The van der Waals surface area contributed by atoms with Crippen molar-refractivity contribution in [3.63, 3.8) is 0 Å². The third kappa shape index (κ3) is 5.89. The van der Waals surface area contributed by atoms with Crippen LogP contribution in [0.5, 0.6) is 5.75 Å². The molecule has 0 aromatic heterocycles. The maximum Gasteiger partial charge on any atom is 0.416 e. The number of likely N-dealkylation sites (N-methyl/N-ethyl adjacent to an activating group) is 1. The number of methoxy groups -OCH3 is 1. The number of nitrogens with zero attached hydrogens (tertiary/aromatic N) is 2. The van der Waals surface area contributed by atoms with Crippen LogP contribution in [0, 0.1) is 0 Å². The molecule has 0 N–H and O–H groups in total. The van der Waals surface area contributed by atoms with Crippen molar-refractivity contribution in [1.82, 2.24) is 4.90 Å². The molecule has 0 aliphatic carbocycles. The maximum absolute atomic E-state index is 13.7. The van der Waals surface area contributed by atoms with Crippen molar-refractivity contribution < 1.29 is 27.5 Å². The van der Waals surface area contributed by atoms with Gasteiger partial charge in [-0.05, 0) is 62.0 Å². The summed E-state index contributed by atoms with van der Waals surface area (Å²) in [5.41, 5.74) is 0.901. The first kappa shape index (κ1) is 25.1. The predicted octanol–water partition coefficient (Wildman–Crippen LogP) is 4.60. The lowest BCUT2D eigenvalue weighted by Crippen LogP contribution is -2.42. The number of carbonyl (C=O) groups is 2. The van der Waals surface area contributed by atoms with Crippen LogP contribution < -0.4 is 9.64 Å². The summed E-state index contributed by atoms with van der Waals surface area (Å²) >= 11 is 0.931. The number of ether oxygens (including phenoxy) is 1. The summed E-state index contributed by atoms with van der Waals surface area (Å²) in [6.07, 6.45) is -4.30. The zero-order valence-corrected chi connectivity index (χ0v) is 19.8. The van der Waals surface area contributed by atoms with Gasteiger partial charge in [0.05, 0.1) is 17.9 Å². The standard InChI is InChI=1S/C24H27F3N2O3S/c1-15(30)33-22-20(16-5-8-19(32-4)9-6-16)14-17-13-18(24(25,26)27)7-10-21(17)29(23(22)31)12-11-28(2)3/h5-10,13,20,22H,11-12,14H2,1-4H3/t20-,22+/m1/s1. The van der Waals surface area contributed by atoms with Gasteiger partial charge in [0, 0.05) is 31.6 Å². The first-order valence-electron chi connectivity index (χ1n) is 10.5. The number of carbonyl (C=O) groups excluding carboxylic acids is 2. The second-order valence-electron chi connectivity index (χ2n) is 8.25. The van der Waals surface area contributed by atoms with Crippen LogP contribution in [-0.4, -0.2) is 55.5 Å². The van der Waals surface area contributed by atoms with Crippen molar-refractivity contribution in [2.24, 2.45) is 0 Å². The molecule has 0 radical (unpaired) electrons. The molecule has 2 aromatic rings. The van der Waals surface area contributed by atoms with Crippen LogP contribution in [0.15, 0.2) is 42.5 Å². The average Bonchev–Trinajstić information content (AvgIpc) is 2.86. The van der Waals surface area contributed by atoms with E-state index in [-0.39, 0.29) is 17.4 Å². The number of hydrogen-bond donors (Lipinski definition) is 0. The van der Waals surface area contributed by atoms with E-state index in [2.05, 4.69) is 0 Å². The number of amides is 1. The van der Waals surface area contributed by atoms with Crippen molar-refractivity contribution in [2.75, 3.05) is 39.2 Å². The van der Waals surface area contributed by atoms with Crippen LogP contribution >= 0.6 is 11.8 Å². The Morgan fingerprint density at radius 3 is 2.39 bits per heavy atom. The Morgan fingerprint density at radius 1 is 1.18 bits per heavy atom. The lowest BCUT2D eigenvalue weighted by molar-refractivity contribution is -0.137. The second kappa shape index (κ2) is 10.2. The highest BCUT2D eigenvalue weighted by Gasteiger charge is 2.40. The summed E-state index contributed by atoms with van der Waals surface area (Å²) in [6, 6.07) is 10.6. The zero-order chi connectivity index (χ0) is 24.3. The van der Waals surface area contributed by atoms with Crippen LogP contribution in [0.4, 0.5) is 18.9 Å². The predicted molar refractivity (Wildman–Crippen MR) is 124 cm³/mol. The van der Waals surface area contributed by atoms with Gasteiger partial charge in [-0.3, -0.25) is 9.59 Å². The van der Waals surface area contributed by atoms with E-state index in [1.54, 1.807) is 24.3 Å². The van der Waals surface area contributed by atoms with Crippen molar-refractivity contribution in [3.05, 3.63) is 59.2 Å². The van der Waals surface area contributed by atoms with E-state index in [1.165, 1.54) is 25.0 Å². The number of alkyl halides is 3. The van der Waals surface area contributed by atoms with Gasteiger partial charge in [-0.25, -0.2) is 0 Å². The Morgan fingerprint density at radius 2 is 1.85 bits per heavy atom. The van der Waals surface area contributed by atoms with E-state index >= 15 is 0 Å². The Balaban J connectivity index is 2.15. The molecular weight excluding hydrogens is 453 g/mol. The van der Waals surface area contributed by atoms with Gasteiger partial charge in [-0.1, -0.05) is 23.9 Å². The number of benzene rings is 2. The zero-order valence-electron chi connectivity index (χ0n) is 19.0. The van der Waals surface area contributed by atoms with Gasteiger partial charge >= 0.3 is 6.18 Å². The number of fused-ring (bicyclic) bond motifs is 1. The van der Waals surface area contributed by atoms with Crippen molar-refractivity contribution in [2.45, 2.75) is 30.7 Å². The van der Waals surface area contributed by atoms with Crippen LogP contribution in [0.25, 0.3) is 0 Å². The molecule has 1 aliphatic rings. The van der Waals surface area contributed by atoms with Crippen LogP contribution in [0.2, 0.25) is 0 Å². The summed E-state index contributed by atoms with van der Waals surface area (Å²) < 4.78 is 45.7. The molecule has 0 unspecified atom stereocenters. The first-order valence-corrected chi connectivity index (χ1v) is 11.4. The van der Waals surface area contributed by atoms with Crippen molar-refractivity contribution >= 4 is 28.5 Å². The van der Waals surface area contributed by atoms with E-state index in [0.717, 1.165) is 29.5 Å². The van der Waals surface area contributed by atoms with Gasteiger partial charge in [0.1, 0.15) is 5.75 Å². The molecule has 1 amide bonds. The Labute approximate surface area is 195 Å². The largest absolute Gasteiger partial charge is 0.497 e. The Bertz CT molecular complexity index is 1010. The molecule has 0 saturated heterocycles. The highest BCUT2D eigenvalue weighted by atomic mass is 32.2. The lowest BCUT2D eigenvalue weighted by atomic mass is 9.88. The Kier molecular flexibility index (Phi) is 7.74. The van der Waals surface area contributed by atoms with Crippen molar-refractivity contribution in [3.8, 4) is 5.75 Å². The fourth-order valence-electron chi connectivity index (χ4n) is 3.96. The smallest absolute Gasteiger partial charge is 0.416 e. The van der Waals surface area contributed by atoms with Crippen LogP contribution in [-0.2, 0) is 22.2 Å². The van der Waals surface area contributed by atoms with E-state index < -0.39 is 22.9 Å². The highest BCUT2D eigenvalue weighted by molar-refractivity contribution is 8.14. The van der Waals surface area contributed by atoms with Crippen molar-refractivity contribution in [1.29, 1.82) is 0 Å². The average molecular weight is 481 g/mol. The number of anilines is 1. The van der Waals surface area contributed by atoms with Crippen LogP contribution in [0.1, 0.15) is 29.5 Å². The van der Waals surface area contributed by atoms with Gasteiger partial charge in [0.2, 0.25) is 5.91 Å². The molecule has 9 heteroatoms. The molecule has 1 aliphatic heterocycles. The molecular formula is C24H27F3N2O3S. The molecule has 2 atom stereocenters. The summed E-state index contributed by atoms with van der Waals surface area (Å²) in [6.45, 7) is 2.22. The normalized spacial score (nSPS) is 18.8. The summed E-state index contributed by atoms with van der Waals surface area (Å²) in [5, 5.41) is -0.985. The van der Waals surface area contributed by atoms with Gasteiger partial charge in [-0.2, -0.15) is 13.2 Å². The van der Waals surface area contributed by atoms with Gasteiger partial charge < -0.3 is 14.5 Å². The molecule has 0 bridgehead atoms. The first-order chi connectivity index (χ1) is 15.5. The minimum atomic E-state index is -4.50. The van der Waals surface area contributed by atoms with Gasteiger partial charge in [-0.15, -0.1) is 0 Å². The molecule has 178 valence electrons. The molecule has 33 heavy (non-hydrogen) atoms. The maximum atomic E-state index is 13.7. The van der Waals surface area contributed by atoms with Crippen LogP contribution in [0.3, 0.4) is 0 Å². The van der Waals surface area contributed by atoms with Gasteiger partial charge in [0.25, 0.3) is 0 Å². The quantitative estimate of drug-likeness (QED) is 0.605. The fraction of sp³-hybridized carbons (Fsp3) is 0.417. The van der Waals surface area contributed by atoms with E-state index in [1.807, 2.05) is 19.0 Å². The third-order valence-corrected chi connectivity index (χ3v) is 6.74. The highest BCUT2D eigenvalue weighted by Crippen LogP contribution is 2.42. The summed E-state index contributed by atoms with van der Waals surface area (Å²) in [7, 11) is 5.26. The topological polar surface area (TPSA) is 49.9 Å². The minimum absolute atomic E-state index is 0.195. The number of rotatable bonds is 6. The van der Waals surface area contributed by atoms with E-state index in [9.17, 15) is 22.8 Å². The Hall–Kier alpha value is -2.52. The fourth-order valence-corrected chi connectivity index (χ4v) is 4.97. The molecule has 2 aromatic carbocycles. The SMILES string of the molecule is COc1ccc([C@H]2Cc3cc(C(F)(F)F)ccc3N(CCN(C)C)C(=O)[C@H]2SC(C)=O)cc1. The molecule has 0 spiro atoms. The van der Waals surface area contributed by atoms with E-state index in [4.69, 9.17) is 4.74 Å². The second-order valence-corrected chi connectivity index (χ2v) is 9.57. The molecule has 5 nitrogen and oxygen atoms in total. The summed E-state index contributed by atoms with van der Waals surface area (Å²) in [4.78, 5) is 29.3. The number of thioether (sulfide) groups is 1. The minimum Gasteiger partial charge on any atom is -0.497 e. The molecule has 0 fully saturated rings. The van der Waals surface area contributed by atoms with E-state index in [0.29, 0.717) is 30.1 Å². The molecule has 0 saturated carbocycles. The number of hydrogen-bond acceptors (Lipinski definition) is 5. The lowest BCUT2D eigenvalue weighted by Gasteiger charge is -2.28.